The van der Waals surface area contributed by atoms with Crippen molar-refractivity contribution in [2.45, 2.75) is 53.2 Å². The lowest BCUT2D eigenvalue weighted by molar-refractivity contribution is 0.0521. The van der Waals surface area contributed by atoms with Gasteiger partial charge in [-0.1, -0.05) is 23.3 Å². The van der Waals surface area contributed by atoms with Crippen molar-refractivity contribution < 1.29 is 19.1 Å². The lowest BCUT2D eigenvalue weighted by Crippen LogP contribution is -2.35. The zero-order valence-corrected chi connectivity index (χ0v) is 22.0. The second kappa shape index (κ2) is 10.3. The fraction of sp³-hybridized carbons (Fsp3) is 0.345. The largest absolute Gasteiger partial charge is 0.462 e. The van der Waals surface area contributed by atoms with Crippen molar-refractivity contribution in [3.63, 3.8) is 0 Å². The van der Waals surface area contributed by atoms with E-state index in [1.807, 2.05) is 32.9 Å². The van der Waals surface area contributed by atoms with Crippen molar-refractivity contribution in [2.75, 3.05) is 13.2 Å². The van der Waals surface area contributed by atoms with E-state index in [9.17, 15) is 14.4 Å². The standard InChI is InChI=1S/C29H30N4O5/c1-5-37-29(36)23-15-22-25(30-24-19(4)8-6-10-32(24)28(22)35)33(16-21-9-7-11-38-21)26(23)31-27(34)20-13-17(2)12-18(3)14-20/h6,8,10,12-15,21H,5,7,9,11,16H2,1-4H3/t21-/m0/s1. The fourth-order valence-corrected chi connectivity index (χ4v) is 4.99. The van der Waals surface area contributed by atoms with Crippen LogP contribution in [0.5, 0.6) is 0 Å². The predicted octanol–water partition coefficient (Wildman–Crippen LogP) is 3.67. The number of carbonyl (C=O) groups excluding carboxylic acids is 2. The molecule has 0 spiro atoms. The summed E-state index contributed by atoms with van der Waals surface area (Å²) in [5.41, 5.74) is 3.70. The Hall–Kier alpha value is -4.11. The van der Waals surface area contributed by atoms with Gasteiger partial charge in [0.15, 0.2) is 5.49 Å². The van der Waals surface area contributed by atoms with Crippen LogP contribution >= 0.6 is 0 Å². The van der Waals surface area contributed by atoms with Crippen molar-refractivity contribution in [3.8, 4) is 0 Å². The first-order valence-corrected chi connectivity index (χ1v) is 12.8. The Bertz CT molecular complexity index is 1690. The van der Waals surface area contributed by atoms with Gasteiger partial charge in [0.05, 0.1) is 24.6 Å². The number of hydrogen-bond acceptors (Lipinski definition) is 6. The molecule has 1 amide bonds. The van der Waals surface area contributed by atoms with Crippen LogP contribution in [-0.2, 0) is 16.0 Å². The molecule has 5 rings (SSSR count). The molecule has 0 saturated carbocycles. The molecule has 0 radical (unpaired) electrons. The van der Waals surface area contributed by atoms with Crippen LogP contribution in [0.3, 0.4) is 0 Å². The summed E-state index contributed by atoms with van der Waals surface area (Å²) in [5, 5.41) is 0.229. The number of aromatic nitrogens is 3. The normalized spacial score (nSPS) is 15.9. The number of fused-ring (bicyclic) bond motifs is 2. The molecule has 0 unspecified atom stereocenters. The van der Waals surface area contributed by atoms with Crippen LogP contribution in [0.15, 0.2) is 52.4 Å². The predicted molar refractivity (Wildman–Crippen MR) is 142 cm³/mol. The summed E-state index contributed by atoms with van der Waals surface area (Å²) in [6, 6.07) is 10.6. The maximum atomic E-state index is 13.6. The maximum Gasteiger partial charge on any atom is 0.341 e. The molecule has 1 aliphatic heterocycles. The van der Waals surface area contributed by atoms with Crippen LogP contribution in [0.25, 0.3) is 16.7 Å². The third-order valence-electron chi connectivity index (χ3n) is 6.69. The van der Waals surface area contributed by atoms with Crippen LogP contribution in [0.4, 0.5) is 0 Å². The molecule has 1 atom stereocenters. The van der Waals surface area contributed by atoms with Gasteiger partial charge >= 0.3 is 5.97 Å². The Morgan fingerprint density at radius 3 is 2.58 bits per heavy atom. The number of aryl methyl sites for hydroxylation is 3. The van der Waals surface area contributed by atoms with Gasteiger partial charge in [0.25, 0.3) is 11.5 Å². The van der Waals surface area contributed by atoms with Gasteiger partial charge in [-0.3, -0.25) is 14.0 Å². The number of amides is 1. The topological polar surface area (TPSA) is 104 Å². The van der Waals surface area contributed by atoms with E-state index < -0.39 is 11.9 Å². The van der Waals surface area contributed by atoms with Gasteiger partial charge in [-0.15, -0.1) is 0 Å². The quantitative estimate of drug-likeness (QED) is 0.297. The highest BCUT2D eigenvalue weighted by molar-refractivity contribution is 5.97. The average Bonchev–Trinajstić information content (AvgIpc) is 3.39. The fourth-order valence-electron chi connectivity index (χ4n) is 4.99. The van der Waals surface area contributed by atoms with Crippen molar-refractivity contribution in [3.05, 3.63) is 86.3 Å². The number of ether oxygens (including phenoxy) is 2. The van der Waals surface area contributed by atoms with Crippen LogP contribution in [0, 0.1) is 20.8 Å². The van der Waals surface area contributed by atoms with Crippen molar-refractivity contribution in [1.29, 1.82) is 0 Å². The number of pyridine rings is 2. The molecule has 1 saturated heterocycles. The highest BCUT2D eigenvalue weighted by Gasteiger charge is 2.24. The Labute approximate surface area is 219 Å². The zero-order valence-electron chi connectivity index (χ0n) is 22.0. The molecular weight excluding hydrogens is 484 g/mol. The molecule has 0 N–H and O–H groups in total. The van der Waals surface area contributed by atoms with Crippen molar-refractivity contribution in [2.24, 2.45) is 4.99 Å². The Morgan fingerprint density at radius 1 is 1.13 bits per heavy atom. The van der Waals surface area contributed by atoms with E-state index in [2.05, 4.69) is 4.99 Å². The van der Waals surface area contributed by atoms with Gasteiger partial charge in [0.2, 0.25) is 0 Å². The number of nitrogens with zero attached hydrogens (tertiary/aromatic N) is 4. The van der Waals surface area contributed by atoms with E-state index in [4.69, 9.17) is 14.5 Å². The first-order chi connectivity index (χ1) is 18.3. The summed E-state index contributed by atoms with van der Waals surface area (Å²) < 4.78 is 14.4. The smallest absolute Gasteiger partial charge is 0.341 e. The SMILES string of the molecule is CCOC(=O)c1cc2c(=O)n3cccc(C)c3nc2n(C[C@@H]2CCCO2)c1=NC(=O)c1cc(C)cc(C)c1. The third kappa shape index (κ3) is 4.77. The first-order valence-electron chi connectivity index (χ1n) is 12.8. The molecule has 1 aliphatic rings. The molecular formula is C29H30N4O5. The van der Waals surface area contributed by atoms with Crippen LogP contribution in [0.1, 0.15) is 57.2 Å². The Kier molecular flexibility index (Phi) is 6.94. The molecule has 4 heterocycles. The molecule has 0 bridgehead atoms. The molecule has 38 heavy (non-hydrogen) atoms. The number of esters is 1. The van der Waals surface area contributed by atoms with Gasteiger partial charge in [0, 0.05) is 18.4 Å². The zero-order chi connectivity index (χ0) is 27.0. The van der Waals surface area contributed by atoms with Crippen LogP contribution in [-0.4, -0.2) is 45.1 Å². The maximum absolute atomic E-state index is 13.6. The Morgan fingerprint density at radius 2 is 1.89 bits per heavy atom. The lowest BCUT2D eigenvalue weighted by Gasteiger charge is -2.18. The molecule has 1 aromatic carbocycles. The number of hydrogen-bond donors (Lipinski definition) is 0. The summed E-state index contributed by atoms with van der Waals surface area (Å²) in [6.07, 6.45) is 3.16. The van der Waals surface area contributed by atoms with E-state index in [1.165, 1.54) is 10.5 Å². The molecule has 9 heteroatoms. The molecule has 0 aliphatic carbocycles. The summed E-state index contributed by atoms with van der Waals surface area (Å²) in [4.78, 5) is 49.6. The van der Waals surface area contributed by atoms with Crippen molar-refractivity contribution in [1.82, 2.24) is 14.0 Å². The number of carbonyl (C=O) groups is 2. The Balaban J connectivity index is 1.88. The highest BCUT2D eigenvalue weighted by Crippen LogP contribution is 2.18. The van der Waals surface area contributed by atoms with Crippen LogP contribution < -0.4 is 11.0 Å². The minimum atomic E-state index is -0.670. The molecule has 4 aromatic rings. The average molecular weight is 515 g/mol. The molecule has 1 fully saturated rings. The molecule has 3 aromatic heterocycles. The summed E-state index contributed by atoms with van der Waals surface area (Å²) >= 11 is 0. The van der Waals surface area contributed by atoms with E-state index in [-0.39, 0.29) is 41.3 Å². The van der Waals surface area contributed by atoms with Crippen LogP contribution in [0.2, 0.25) is 0 Å². The molecule has 9 nitrogen and oxygen atoms in total. The van der Waals surface area contributed by atoms with E-state index in [1.54, 1.807) is 35.9 Å². The number of benzene rings is 1. The van der Waals surface area contributed by atoms with Gasteiger partial charge in [-0.25, -0.2) is 9.78 Å². The summed E-state index contributed by atoms with van der Waals surface area (Å²) in [7, 11) is 0. The third-order valence-corrected chi connectivity index (χ3v) is 6.69. The minimum Gasteiger partial charge on any atom is -0.462 e. The van der Waals surface area contributed by atoms with Gasteiger partial charge in [-0.05, 0) is 70.4 Å². The minimum absolute atomic E-state index is 0.0292. The van der Waals surface area contributed by atoms with E-state index in [0.717, 1.165) is 29.5 Å². The monoisotopic (exact) mass is 514 g/mol. The second-order valence-corrected chi connectivity index (χ2v) is 9.68. The second-order valence-electron chi connectivity index (χ2n) is 9.68. The molecule has 196 valence electrons. The van der Waals surface area contributed by atoms with Gasteiger partial charge < -0.3 is 14.0 Å². The first kappa shape index (κ1) is 25.5. The van der Waals surface area contributed by atoms with Crippen molar-refractivity contribution >= 4 is 28.6 Å². The summed E-state index contributed by atoms with van der Waals surface area (Å²) in [6.45, 7) is 8.41. The lowest BCUT2D eigenvalue weighted by atomic mass is 10.1. The van der Waals surface area contributed by atoms with Gasteiger partial charge in [0.1, 0.15) is 16.9 Å². The van der Waals surface area contributed by atoms with E-state index >= 15 is 0 Å². The number of rotatable bonds is 5. The highest BCUT2D eigenvalue weighted by atomic mass is 16.5. The van der Waals surface area contributed by atoms with E-state index in [0.29, 0.717) is 23.5 Å². The van der Waals surface area contributed by atoms with Gasteiger partial charge in [-0.2, -0.15) is 4.99 Å². The summed E-state index contributed by atoms with van der Waals surface area (Å²) in [5.74, 6) is -1.17.